The van der Waals surface area contributed by atoms with Gasteiger partial charge >= 0.3 is 0 Å². The minimum Gasteiger partial charge on any atom is -0.310 e. The van der Waals surface area contributed by atoms with Gasteiger partial charge < -0.3 is 5.32 Å². The summed E-state index contributed by atoms with van der Waals surface area (Å²) in [5, 5.41) is 8.95. The lowest BCUT2D eigenvalue weighted by atomic mass is 9.96. The summed E-state index contributed by atoms with van der Waals surface area (Å²) in [6.07, 6.45) is 3.14. The maximum Gasteiger partial charge on any atom is 0.275 e. The van der Waals surface area contributed by atoms with Crippen LogP contribution in [-0.2, 0) is 11.5 Å². The van der Waals surface area contributed by atoms with Crippen molar-refractivity contribution in [2.24, 2.45) is 5.92 Å². The van der Waals surface area contributed by atoms with E-state index >= 15 is 0 Å². The SMILES string of the molecule is Cc1nn(CN2CCC(C(=O)Nc3ccc(Br)cn3)CC2)c(=O)c2ccccc12. The Hall–Kier alpha value is -2.58. The molecule has 0 aliphatic carbocycles. The largest absolute Gasteiger partial charge is 0.310 e. The van der Waals surface area contributed by atoms with E-state index in [1.165, 1.54) is 4.68 Å². The molecule has 1 amide bonds. The first-order valence-corrected chi connectivity index (χ1v) is 10.4. The van der Waals surface area contributed by atoms with Crippen LogP contribution in [0.1, 0.15) is 18.5 Å². The fourth-order valence-corrected chi connectivity index (χ4v) is 3.94. The van der Waals surface area contributed by atoms with Crippen LogP contribution in [0.15, 0.2) is 51.9 Å². The predicted molar refractivity (Wildman–Crippen MR) is 116 cm³/mol. The van der Waals surface area contributed by atoms with Crippen molar-refractivity contribution in [3.63, 3.8) is 0 Å². The molecule has 1 saturated heterocycles. The highest BCUT2D eigenvalue weighted by atomic mass is 79.9. The van der Waals surface area contributed by atoms with Gasteiger partial charge in [-0.1, -0.05) is 18.2 Å². The summed E-state index contributed by atoms with van der Waals surface area (Å²) in [6, 6.07) is 11.2. The maximum atomic E-state index is 12.8. The summed E-state index contributed by atoms with van der Waals surface area (Å²) in [6.45, 7) is 3.84. The third-order valence-corrected chi connectivity index (χ3v) is 5.79. The Morgan fingerprint density at radius 3 is 2.59 bits per heavy atom. The highest BCUT2D eigenvalue weighted by Crippen LogP contribution is 2.20. The molecule has 3 aromatic rings. The molecule has 0 saturated carbocycles. The first kappa shape index (κ1) is 19.7. The number of likely N-dealkylation sites (tertiary alicyclic amines) is 1. The molecule has 3 heterocycles. The molecule has 1 aliphatic rings. The second kappa shape index (κ2) is 8.42. The predicted octanol–water partition coefficient (Wildman–Crippen LogP) is 3.17. The number of hydrogen-bond acceptors (Lipinski definition) is 5. The molecule has 4 rings (SSSR count). The van der Waals surface area contributed by atoms with Gasteiger partial charge in [-0.2, -0.15) is 5.10 Å². The molecule has 29 heavy (non-hydrogen) atoms. The maximum absolute atomic E-state index is 12.8. The standard InChI is InChI=1S/C21H22BrN5O2/c1-14-17-4-2-3-5-18(17)21(29)27(25-14)13-26-10-8-15(9-11-26)20(28)24-19-7-6-16(22)12-23-19/h2-7,12,15H,8-11,13H2,1H3,(H,23,24,28). The Bertz CT molecular complexity index is 1090. The molecule has 0 radical (unpaired) electrons. The van der Waals surface area contributed by atoms with Crippen molar-refractivity contribution >= 4 is 38.4 Å². The van der Waals surface area contributed by atoms with Gasteiger partial charge in [-0.25, -0.2) is 9.67 Å². The lowest BCUT2D eigenvalue weighted by molar-refractivity contribution is -0.121. The molecule has 7 nitrogen and oxygen atoms in total. The molecule has 2 aromatic heterocycles. The van der Waals surface area contributed by atoms with Crippen molar-refractivity contribution < 1.29 is 4.79 Å². The van der Waals surface area contributed by atoms with Crippen LogP contribution in [0.5, 0.6) is 0 Å². The number of carbonyl (C=O) groups is 1. The number of rotatable bonds is 4. The molecule has 0 spiro atoms. The third kappa shape index (κ3) is 4.38. The zero-order chi connectivity index (χ0) is 20.4. The molecule has 1 aliphatic heterocycles. The third-order valence-electron chi connectivity index (χ3n) is 5.32. The number of halogens is 1. The summed E-state index contributed by atoms with van der Waals surface area (Å²) in [4.78, 5) is 31.6. The Kier molecular flexibility index (Phi) is 5.73. The van der Waals surface area contributed by atoms with Crippen LogP contribution < -0.4 is 10.9 Å². The van der Waals surface area contributed by atoms with Crippen molar-refractivity contribution in [1.29, 1.82) is 0 Å². The lowest BCUT2D eigenvalue weighted by Gasteiger charge is -2.31. The average molecular weight is 456 g/mol. The molecule has 150 valence electrons. The number of anilines is 1. The van der Waals surface area contributed by atoms with E-state index < -0.39 is 0 Å². The van der Waals surface area contributed by atoms with E-state index in [0.29, 0.717) is 17.9 Å². The smallest absolute Gasteiger partial charge is 0.275 e. The van der Waals surface area contributed by atoms with Gasteiger partial charge in [0.1, 0.15) is 5.82 Å². The van der Waals surface area contributed by atoms with Crippen molar-refractivity contribution in [3.8, 4) is 0 Å². The van der Waals surface area contributed by atoms with E-state index in [4.69, 9.17) is 0 Å². The van der Waals surface area contributed by atoms with Crippen LogP contribution in [-0.4, -0.2) is 38.7 Å². The van der Waals surface area contributed by atoms with E-state index in [-0.39, 0.29) is 17.4 Å². The van der Waals surface area contributed by atoms with E-state index in [9.17, 15) is 9.59 Å². The molecule has 1 aromatic carbocycles. The minimum atomic E-state index is -0.0765. The Balaban J connectivity index is 1.38. The quantitative estimate of drug-likeness (QED) is 0.653. The fraction of sp³-hybridized carbons (Fsp3) is 0.333. The van der Waals surface area contributed by atoms with Crippen LogP contribution in [0.4, 0.5) is 5.82 Å². The molecular weight excluding hydrogens is 434 g/mol. The zero-order valence-electron chi connectivity index (χ0n) is 16.1. The molecule has 1 fully saturated rings. The average Bonchev–Trinajstić information content (AvgIpc) is 2.74. The molecule has 0 bridgehead atoms. The molecule has 0 unspecified atom stereocenters. The van der Waals surface area contributed by atoms with Crippen molar-refractivity contribution in [1.82, 2.24) is 19.7 Å². The number of pyridine rings is 1. The first-order chi connectivity index (χ1) is 14.0. The van der Waals surface area contributed by atoms with Gasteiger partial charge in [0.05, 0.1) is 17.7 Å². The molecule has 1 N–H and O–H groups in total. The van der Waals surface area contributed by atoms with Gasteiger partial charge in [0, 0.05) is 35.1 Å². The van der Waals surface area contributed by atoms with Gasteiger partial charge in [0.2, 0.25) is 5.91 Å². The summed E-state index contributed by atoms with van der Waals surface area (Å²) in [5.74, 6) is 0.499. The number of aryl methyl sites for hydroxylation is 1. The Labute approximate surface area is 176 Å². The fourth-order valence-electron chi connectivity index (χ4n) is 3.70. The van der Waals surface area contributed by atoms with Gasteiger partial charge in [-0.3, -0.25) is 14.5 Å². The van der Waals surface area contributed by atoms with Gasteiger partial charge in [-0.15, -0.1) is 0 Å². The topological polar surface area (TPSA) is 80.1 Å². The van der Waals surface area contributed by atoms with E-state index in [2.05, 4.69) is 36.2 Å². The van der Waals surface area contributed by atoms with E-state index in [1.807, 2.05) is 37.3 Å². The highest BCUT2D eigenvalue weighted by Gasteiger charge is 2.25. The van der Waals surface area contributed by atoms with Crippen LogP contribution in [0.25, 0.3) is 10.8 Å². The monoisotopic (exact) mass is 455 g/mol. The van der Waals surface area contributed by atoms with E-state index in [0.717, 1.165) is 41.5 Å². The zero-order valence-corrected chi connectivity index (χ0v) is 17.7. The number of fused-ring (bicyclic) bond motifs is 1. The van der Waals surface area contributed by atoms with Crippen LogP contribution in [0.3, 0.4) is 0 Å². The summed E-state index contributed by atoms with van der Waals surface area (Å²) in [7, 11) is 0. The number of hydrogen-bond donors (Lipinski definition) is 1. The molecular formula is C21H22BrN5O2. The number of benzene rings is 1. The molecule has 8 heteroatoms. The lowest BCUT2D eigenvalue weighted by Crippen LogP contribution is -2.41. The number of nitrogens with zero attached hydrogens (tertiary/aromatic N) is 4. The summed E-state index contributed by atoms with van der Waals surface area (Å²) < 4.78 is 2.40. The second-order valence-corrected chi connectivity index (χ2v) is 8.24. The number of nitrogens with one attached hydrogen (secondary N) is 1. The number of carbonyl (C=O) groups excluding carboxylic acids is 1. The highest BCUT2D eigenvalue weighted by molar-refractivity contribution is 9.10. The van der Waals surface area contributed by atoms with Crippen molar-refractivity contribution in [2.45, 2.75) is 26.4 Å². The second-order valence-electron chi connectivity index (χ2n) is 7.32. The van der Waals surface area contributed by atoms with Crippen molar-refractivity contribution in [3.05, 3.63) is 63.1 Å². The van der Waals surface area contributed by atoms with Crippen LogP contribution in [0.2, 0.25) is 0 Å². The number of piperidine rings is 1. The van der Waals surface area contributed by atoms with Gasteiger partial charge in [0.25, 0.3) is 5.56 Å². The summed E-state index contributed by atoms with van der Waals surface area (Å²) >= 11 is 3.33. The van der Waals surface area contributed by atoms with Gasteiger partial charge in [0.15, 0.2) is 0 Å². The van der Waals surface area contributed by atoms with Crippen LogP contribution >= 0.6 is 15.9 Å². The number of aromatic nitrogens is 3. The van der Waals surface area contributed by atoms with Crippen LogP contribution in [0, 0.1) is 12.8 Å². The number of amides is 1. The summed E-state index contributed by atoms with van der Waals surface area (Å²) in [5.41, 5.74) is 0.767. The van der Waals surface area contributed by atoms with E-state index in [1.54, 1.807) is 12.3 Å². The first-order valence-electron chi connectivity index (χ1n) is 9.62. The molecule has 0 atom stereocenters. The minimum absolute atomic E-state index is 0.00341. The Morgan fingerprint density at radius 2 is 1.90 bits per heavy atom. The van der Waals surface area contributed by atoms with Crippen molar-refractivity contribution in [2.75, 3.05) is 18.4 Å². The normalized spacial score (nSPS) is 15.5. The van der Waals surface area contributed by atoms with Gasteiger partial charge in [-0.05, 0) is 53.9 Å². The Morgan fingerprint density at radius 1 is 1.17 bits per heavy atom.